The first kappa shape index (κ1) is 11.9. The second kappa shape index (κ2) is 4.72. The van der Waals surface area contributed by atoms with Crippen LogP contribution in [0.15, 0.2) is 24.3 Å². The van der Waals surface area contributed by atoms with Crippen LogP contribution in [0.3, 0.4) is 0 Å². The van der Waals surface area contributed by atoms with Gasteiger partial charge in [0.15, 0.2) is 0 Å². The Bertz CT molecular complexity index is 552. The van der Waals surface area contributed by atoms with Crippen molar-refractivity contribution in [3.8, 4) is 11.3 Å². The predicted molar refractivity (Wildman–Crippen MR) is 71.0 cm³/mol. The van der Waals surface area contributed by atoms with Gasteiger partial charge in [-0.25, -0.2) is 9.97 Å². The first-order valence-corrected chi connectivity index (χ1v) is 5.88. The van der Waals surface area contributed by atoms with Crippen molar-refractivity contribution in [3.05, 3.63) is 40.7 Å². The van der Waals surface area contributed by atoms with E-state index in [-0.39, 0.29) is 0 Å². The van der Waals surface area contributed by atoms with Crippen LogP contribution >= 0.6 is 11.6 Å². The van der Waals surface area contributed by atoms with Gasteiger partial charge in [0.05, 0.1) is 5.69 Å². The largest absolute Gasteiger partial charge is 0.383 e. The summed E-state index contributed by atoms with van der Waals surface area (Å²) in [6.07, 6.45) is 0.762. The predicted octanol–water partition coefficient (Wildman–Crippen LogP) is 3.25. The van der Waals surface area contributed by atoms with E-state index in [1.54, 1.807) is 0 Å². The molecular formula is C13H14ClN3. The number of nitrogen functional groups attached to an aromatic ring is 1. The average molecular weight is 248 g/mol. The van der Waals surface area contributed by atoms with E-state index in [4.69, 9.17) is 17.3 Å². The monoisotopic (exact) mass is 247 g/mol. The highest BCUT2D eigenvalue weighted by molar-refractivity contribution is 6.30. The van der Waals surface area contributed by atoms with Crippen LogP contribution in [0.2, 0.25) is 5.02 Å². The first-order chi connectivity index (χ1) is 8.11. The molecule has 3 nitrogen and oxygen atoms in total. The normalized spacial score (nSPS) is 10.5. The summed E-state index contributed by atoms with van der Waals surface area (Å²) in [5.74, 6) is 1.29. The number of nitrogens with two attached hydrogens (primary N) is 1. The van der Waals surface area contributed by atoms with Crippen molar-refractivity contribution < 1.29 is 0 Å². The van der Waals surface area contributed by atoms with E-state index in [1.165, 1.54) is 0 Å². The Balaban J connectivity index is 2.62. The summed E-state index contributed by atoms with van der Waals surface area (Å²) in [5.41, 5.74) is 8.61. The number of aryl methyl sites for hydroxylation is 1. The van der Waals surface area contributed by atoms with Crippen LogP contribution in [0.25, 0.3) is 11.3 Å². The van der Waals surface area contributed by atoms with Crippen LogP contribution in [0.4, 0.5) is 5.82 Å². The number of nitrogens with zero attached hydrogens (tertiary/aromatic N) is 2. The highest BCUT2D eigenvalue weighted by Crippen LogP contribution is 2.26. The Labute approximate surface area is 106 Å². The molecule has 2 rings (SSSR count). The first-order valence-electron chi connectivity index (χ1n) is 5.50. The van der Waals surface area contributed by atoms with E-state index in [9.17, 15) is 0 Å². The van der Waals surface area contributed by atoms with Gasteiger partial charge in [0.25, 0.3) is 0 Å². The molecule has 0 unspecified atom stereocenters. The molecule has 0 atom stereocenters. The minimum Gasteiger partial charge on any atom is -0.383 e. The quantitative estimate of drug-likeness (QED) is 0.886. The van der Waals surface area contributed by atoms with Gasteiger partial charge in [-0.1, -0.05) is 30.7 Å². The van der Waals surface area contributed by atoms with Gasteiger partial charge in [0, 0.05) is 22.6 Å². The van der Waals surface area contributed by atoms with Crippen molar-refractivity contribution in [2.45, 2.75) is 20.3 Å². The average Bonchev–Trinajstić information content (AvgIpc) is 2.32. The lowest BCUT2D eigenvalue weighted by atomic mass is 10.1. The highest BCUT2D eigenvalue weighted by atomic mass is 35.5. The fourth-order valence-electron chi connectivity index (χ4n) is 1.66. The summed E-state index contributed by atoms with van der Waals surface area (Å²) < 4.78 is 0. The van der Waals surface area contributed by atoms with Crippen LogP contribution in [0, 0.1) is 6.92 Å². The maximum Gasteiger partial charge on any atom is 0.131 e. The number of rotatable bonds is 2. The van der Waals surface area contributed by atoms with Crippen molar-refractivity contribution in [2.75, 3.05) is 5.73 Å². The third kappa shape index (κ3) is 2.39. The van der Waals surface area contributed by atoms with E-state index in [1.807, 2.05) is 38.1 Å². The van der Waals surface area contributed by atoms with E-state index in [0.29, 0.717) is 10.8 Å². The van der Waals surface area contributed by atoms with Gasteiger partial charge in [-0.15, -0.1) is 0 Å². The Morgan fingerprint density at radius 3 is 2.71 bits per heavy atom. The number of hydrogen-bond donors (Lipinski definition) is 1. The fraction of sp³-hybridized carbons (Fsp3) is 0.231. The van der Waals surface area contributed by atoms with Crippen molar-refractivity contribution in [1.82, 2.24) is 9.97 Å². The fourth-order valence-corrected chi connectivity index (χ4v) is 1.85. The molecule has 4 heteroatoms. The van der Waals surface area contributed by atoms with E-state index in [2.05, 4.69) is 9.97 Å². The molecule has 1 heterocycles. The molecule has 1 aromatic heterocycles. The second-order valence-corrected chi connectivity index (χ2v) is 4.30. The van der Waals surface area contributed by atoms with Crippen LogP contribution in [0.1, 0.15) is 18.3 Å². The molecule has 17 heavy (non-hydrogen) atoms. The molecule has 0 radical (unpaired) electrons. The SMILES string of the molecule is CCc1nc(N)c(C)c(-c2cccc(Cl)c2)n1. The van der Waals surface area contributed by atoms with Gasteiger partial charge >= 0.3 is 0 Å². The smallest absolute Gasteiger partial charge is 0.131 e. The van der Waals surface area contributed by atoms with Gasteiger partial charge in [0.2, 0.25) is 0 Å². The highest BCUT2D eigenvalue weighted by Gasteiger charge is 2.10. The number of aromatic nitrogens is 2. The minimum atomic E-state index is 0.534. The number of anilines is 1. The number of benzene rings is 1. The van der Waals surface area contributed by atoms with Crippen LogP contribution in [-0.2, 0) is 6.42 Å². The number of hydrogen-bond acceptors (Lipinski definition) is 3. The summed E-state index contributed by atoms with van der Waals surface area (Å²) in [6, 6.07) is 7.60. The van der Waals surface area contributed by atoms with E-state index in [0.717, 1.165) is 29.1 Å². The molecule has 0 amide bonds. The molecule has 88 valence electrons. The molecule has 0 aliphatic heterocycles. The molecule has 2 aromatic rings. The molecular weight excluding hydrogens is 234 g/mol. The Kier molecular flexibility index (Phi) is 3.29. The summed E-state index contributed by atoms with van der Waals surface area (Å²) in [5, 5.41) is 0.692. The zero-order valence-electron chi connectivity index (χ0n) is 9.87. The summed E-state index contributed by atoms with van der Waals surface area (Å²) in [4.78, 5) is 8.75. The van der Waals surface area contributed by atoms with Gasteiger partial charge in [-0.2, -0.15) is 0 Å². The lowest BCUT2D eigenvalue weighted by Gasteiger charge is -2.09. The maximum absolute atomic E-state index is 5.99. The molecule has 1 aromatic carbocycles. The lowest BCUT2D eigenvalue weighted by molar-refractivity contribution is 0.940. The molecule has 0 aliphatic carbocycles. The molecule has 0 fully saturated rings. The summed E-state index contributed by atoms with van der Waals surface area (Å²) >= 11 is 5.99. The van der Waals surface area contributed by atoms with Crippen LogP contribution in [0.5, 0.6) is 0 Å². The summed E-state index contributed by atoms with van der Waals surface area (Å²) in [7, 11) is 0. The molecule has 0 bridgehead atoms. The Morgan fingerprint density at radius 2 is 2.06 bits per heavy atom. The van der Waals surface area contributed by atoms with E-state index >= 15 is 0 Å². The molecule has 0 saturated carbocycles. The van der Waals surface area contributed by atoms with Crippen molar-refractivity contribution in [1.29, 1.82) is 0 Å². The topological polar surface area (TPSA) is 51.8 Å². The molecule has 2 N–H and O–H groups in total. The lowest BCUT2D eigenvalue weighted by Crippen LogP contribution is -2.04. The zero-order chi connectivity index (χ0) is 12.4. The van der Waals surface area contributed by atoms with Gasteiger partial charge in [0.1, 0.15) is 11.6 Å². The van der Waals surface area contributed by atoms with E-state index < -0.39 is 0 Å². The second-order valence-electron chi connectivity index (χ2n) is 3.86. The molecule has 0 saturated heterocycles. The van der Waals surface area contributed by atoms with Crippen molar-refractivity contribution in [2.24, 2.45) is 0 Å². The maximum atomic E-state index is 5.99. The van der Waals surface area contributed by atoms with Crippen molar-refractivity contribution in [3.63, 3.8) is 0 Å². The molecule has 0 spiro atoms. The third-order valence-corrected chi connectivity index (χ3v) is 2.88. The third-order valence-electron chi connectivity index (χ3n) is 2.64. The molecule has 0 aliphatic rings. The standard InChI is InChI=1S/C13H14ClN3/c1-3-11-16-12(8(2)13(15)17-11)9-5-4-6-10(14)7-9/h4-7H,3H2,1-2H3,(H2,15,16,17). The zero-order valence-corrected chi connectivity index (χ0v) is 10.6. The summed E-state index contributed by atoms with van der Waals surface area (Å²) in [6.45, 7) is 3.93. The van der Waals surface area contributed by atoms with Crippen molar-refractivity contribution >= 4 is 17.4 Å². The Hall–Kier alpha value is -1.61. The van der Waals surface area contributed by atoms with Crippen LogP contribution < -0.4 is 5.73 Å². The van der Waals surface area contributed by atoms with Gasteiger partial charge < -0.3 is 5.73 Å². The Morgan fingerprint density at radius 1 is 1.29 bits per heavy atom. The van der Waals surface area contributed by atoms with Gasteiger partial charge in [-0.3, -0.25) is 0 Å². The van der Waals surface area contributed by atoms with Gasteiger partial charge in [-0.05, 0) is 19.1 Å². The number of halogens is 1. The minimum absolute atomic E-state index is 0.534. The van der Waals surface area contributed by atoms with Crippen LogP contribution in [-0.4, -0.2) is 9.97 Å².